The molecule has 2 atom stereocenters. The standard InChI is InChI=1S/C21H27FN4OS/c1-21(23,7-10-26-20-24-8-3-9-25-20)18-6-5-14-12-15(22)13-16(19(14)27-18)17-4-2-11-28-17/h2,4,11-13,18H,3,5-10,23H2,1H3,(H2,24,25,26). The van der Waals surface area contributed by atoms with E-state index in [0.717, 1.165) is 73.0 Å². The van der Waals surface area contributed by atoms with Crippen LogP contribution in [0.1, 0.15) is 31.7 Å². The Morgan fingerprint density at radius 1 is 1.46 bits per heavy atom. The van der Waals surface area contributed by atoms with E-state index in [-0.39, 0.29) is 11.9 Å². The van der Waals surface area contributed by atoms with Gasteiger partial charge in [-0.05, 0) is 61.7 Å². The average molecular weight is 403 g/mol. The van der Waals surface area contributed by atoms with Gasteiger partial charge in [0.1, 0.15) is 17.7 Å². The minimum absolute atomic E-state index is 0.118. The summed E-state index contributed by atoms with van der Waals surface area (Å²) in [5.74, 6) is 1.42. The second-order valence-corrected chi connectivity index (χ2v) is 8.71. The molecule has 28 heavy (non-hydrogen) atoms. The summed E-state index contributed by atoms with van der Waals surface area (Å²) in [6, 6.07) is 7.12. The molecule has 0 bridgehead atoms. The highest BCUT2D eigenvalue weighted by Gasteiger charge is 2.36. The summed E-state index contributed by atoms with van der Waals surface area (Å²) in [5, 5.41) is 8.59. The van der Waals surface area contributed by atoms with Crippen LogP contribution < -0.4 is 21.1 Å². The maximum atomic E-state index is 14.1. The minimum Gasteiger partial charge on any atom is -0.488 e. The number of aliphatic imine (C=N–C) groups is 1. The summed E-state index contributed by atoms with van der Waals surface area (Å²) in [5.41, 5.74) is 7.92. The van der Waals surface area contributed by atoms with Crippen LogP contribution in [0.3, 0.4) is 0 Å². The number of thiophene rings is 1. The van der Waals surface area contributed by atoms with Crippen molar-refractivity contribution < 1.29 is 9.13 Å². The molecule has 0 amide bonds. The topological polar surface area (TPSA) is 71.7 Å². The molecular formula is C21H27FN4OS. The van der Waals surface area contributed by atoms with Crippen molar-refractivity contribution >= 4 is 17.3 Å². The maximum absolute atomic E-state index is 14.1. The van der Waals surface area contributed by atoms with Crippen molar-refractivity contribution in [2.45, 2.75) is 44.2 Å². The summed E-state index contributed by atoms with van der Waals surface area (Å²) in [7, 11) is 0. The molecule has 7 heteroatoms. The summed E-state index contributed by atoms with van der Waals surface area (Å²) in [4.78, 5) is 5.44. The molecule has 0 saturated carbocycles. The third kappa shape index (κ3) is 4.15. The lowest BCUT2D eigenvalue weighted by atomic mass is 9.85. The highest BCUT2D eigenvalue weighted by molar-refractivity contribution is 7.13. The Kier molecular flexibility index (Phi) is 5.55. The van der Waals surface area contributed by atoms with E-state index in [1.807, 2.05) is 24.4 Å². The van der Waals surface area contributed by atoms with E-state index in [1.54, 1.807) is 23.5 Å². The molecule has 2 aromatic rings. The van der Waals surface area contributed by atoms with Crippen LogP contribution in [0.4, 0.5) is 4.39 Å². The van der Waals surface area contributed by atoms with E-state index >= 15 is 0 Å². The molecule has 0 saturated heterocycles. The monoisotopic (exact) mass is 402 g/mol. The molecular weight excluding hydrogens is 375 g/mol. The molecule has 2 aliphatic rings. The van der Waals surface area contributed by atoms with E-state index in [2.05, 4.69) is 15.6 Å². The zero-order valence-corrected chi connectivity index (χ0v) is 16.9. The van der Waals surface area contributed by atoms with Crippen molar-refractivity contribution in [2.75, 3.05) is 19.6 Å². The van der Waals surface area contributed by atoms with Crippen LogP contribution in [-0.2, 0) is 6.42 Å². The first kappa shape index (κ1) is 19.2. The van der Waals surface area contributed by atoms with Crippen LogP contribution in [0, 0.1) is 5.82 Å². The number of aryl methyl sites for hydroxylation is 1. The number of nitrogens with one attached hydrogen (secondary N) is 2. The van der Waals surface area contributed by atoms with Gasteiger partial charge in [0.15, 0.2) is 5.96 Å². The van der Waals surface area contributed by atoms with Gasteiger partial charge in [0.05, 0.1) is 5.54 Å². The van der Waals surface area contributed by atoms with Crippen molar-refractivity contribution in [2.24, 2.45) is 10.7 Å². The summed E-state index contributed by atoms with van der Waals surface area (Å²) in [6.45, 7) is 4.58. The van der Waals surface area contributed by atoms with Crippen LogP contribution in [0.5, 0.6) is 5.75 Å². The molecule has 5 nitrogen and oxygen atoms in total. The molecule has 3 heterocycles. The SMILES string of the molecule is CC(N)(CCNC1=NCCCN1)C1CCc2cc(F)cc(-c3cccs3)c2O1. The van der Waals surface area contributed by atoms with Gasteiger partial charge >= 0.3 is 0 Å². The molecule has 0 fully saturated rings. The smallest absolute Gasteiger partial charge is 0.191 e. The van der Waals surface area contributed by atoms with Gasteiger partial charge in [-0.15, -0.1) is 11.3 Å². The lowest BCUT2D eigenvalue weighted by molar-refractivity contribution is 0.0928. The second kappa shape index (κ2) is 8.09. The Hall–Kier alpha value is -2.12. The predicted octanol–water partition coefficient (Wildman–Crippen LogP) is 3.29. The molecule has 4 rings (SSSR count). The summed E-state index contributed by atoms with van der Waals surface area (Å²) in [6.07, 6.45) is 3.26. The quantitative estimate of drug-likeness (QED) is 0.718. The van der Waals surface area contributed by atoms with Gasteiger partial charge in [0.25, 0.3) is 0 Å². The van der Waals surface area contributed by atoms with Crippen molar-refractivity contribution in [1.82, 2.24) is 10.6 Å². The van der Waals surface area contributed by atoms with Gasteiger partial charge in [0, 0.05) is 30.1 Å². The molecule has 150 valence electrons. The number of ether oxygens (including phenoxy) is 1. The fraction of sp³-hybridized carbons (Fsp3) is 0.476. The highest BCUT2D eigenvalue weighted by atomic mass is 32.1. The van der Waals surface area contributed by atoms with Crippen LogP contribution in [0.2, 0.25) is 0 Å². The Morgan fingerprint density at radius 3 is 3.11 bits per heavy atom. The van der Waals surface area contributed by atoms with E-state index in [4.69, 9.17) is 10.5 Å². The first-order valence-electron chi connectivity index (χ1n) is 9.87. The number of guanidine groups is 1. The van der Waals surface area contributed by atoms with Crippen LogP contribution in [0.25, 0.3) is 10.4 Å². The normalized spacial score (nSPS) is 21.0. The van der Waals surface area contributed by atoms with E-state index < -0.39 is 5.54 Å². The summed E-state index contributed by atoms with van der Waals surface area (Å²) < 4.78 is 20.5. The Bertz CT molecular complexity index is 850. The van der Waals surface area contributed by atoms with Crippen molar-refractivity contribution in [1.29, 1.82) is 0 Å². The molecule has 2 aliphatic heterocycles. The largest absolute Gasteiger partial charge is 0.488 e. The molecule has 1 aromatic carbocycles. The Balaban J connectivity index is 1.47. The molecule has 4 N–H and O–H groups in total. The van der Waals surface area contributed by atoms with Crippen LogP contribution in [0.15, 0.2) is 34.6 Å². The minimum atomic E-state index is -0.499. The average Bonchev–Trinajstić information content (AvgIpc) is 3.22. The number of rotatable bonds is 5. The Morgan fingerprint density at radius 2 is 2.36 bits per heavy atom. The lowest BCUT2D eigenvalue weighted by Crippen LogP contribution is -2.54. The van der Waals surface area contributed by atoms with Gasteiger partial charge in [-0.3, -0.25) is 4.99 Å². The number of nitrogens with two attached hydrogens (primary N) is 1. The van der Waals surface area contributed by atoms with Gasteiger partial charge in [0.2, 0.25) is 0 Å². The predicted molar refractivity (Wildman–Crippen MR) is 113 cm³/mol. The summed E-state index contributed by atoms with van der Waals surface area (Å²) >= 11 is 1.59. The number of fused-ring (bicyclic) bond motifs is 1. The van der Waals surface area contributed by atoms with Crippen molar-refractivity contribution in [3.8, 4) is 16.2 Å². The number of halogens is 1. The van der Waals surface area contributed by atoms with Gasteiger partial charge in [-0.2, -0.15) is 0 Å². The number of hydrogen-bond donors (Lipinski definition) is 3. The zero-order valence-electron chi connectivity index (χ0n) is 16.1. The Labute approximate surface area is 169 Å². The fourth-order valence-electron chi connectivity index (χ4n) is 3.80. The van der Waals surface area contributed by atoms with E-state index in [1.165, 1.54) is 0 Å². The molecule has 0 radical (unpaired) electrons. The van der Waals surface area contributed by atoms with E-state index in [9.17, 15) is 4.39 Å². The first-order chi connectivity index (χ1) is 13.5. The van der Waals surface area contributed by atoms with Crippen molar-refractivity contribution in [3.05, 3.63) is 41.0 Å². The lowest BCUT2D eigenvalue weighted by Gasteiger charge is -2.38. The maximum Gasteiger partial charge on any atom is 0.191 e. The molecule has 2 unspecified atom stereocenters. The fourth-order valence-corrected chi connectivity index (χ4v) is 4.54. The second-order valence-electron chi connectivity index (χ2n) is 7.76. The number of benzene rings is 1. The van der Waals surface area contributed by atoms with Crippen LogP contribution >= 0.6 is 11.3 Å². The molecule has 0 aliphatic carbocycles. The van der Waals surface area contributed by atoms with Gasteiger partial charge < -0.3 is 21.1 Å². The third-order valence-electron chi connectivity index (χ3n) is 5.44. The number of nitrogens with zero attached hydrogens (tertiary/aromatic N) is 1. The van der Waals surface area contributed by atoms with Gasteiger partial charge in [-0.25, -0.2) is 4.39 Å². The molecule has 1 aromatic heterocycles. The van der Waals surface area contributed by atoms with Crippen molar-refractivity contribution in [3.63, 3.8) is 0 Å². The van der Waals surface area contributed by atoms with E-state index in [0.29, 0.717) is 0 Å². The molecule has 0 spiro atoms. The van der Waals surface area contributed by atoms with Crippen LogP contribution in [-0.4, -0.2) is 37.2 Å². The third-order valence-corrected chi connectivity index (χ3v) is 6.35. The highest BCUT2D eigenvalue weighted by Crippen LogP contribution is 2.41. The zero-order chi connectivity index (χ0) is 19.6. The van der Waals surface area contributed by atoms with Gasteiger partial charge in [-0.1, -0.05) is 6.07 Å². The first-order valence-corrected chi connectivity index (χ1v) is 10.7. The number of hydrogen-bond acceptors (Lipinski definition) is 6.